The van der Waals surface area contributed by atoms with Crippen molar-refractivity contribution in [1.82, 2.24) is 0 Å². The standard InChI is InChI=1S/C14H18BrNO3/c1-10-11(14(18)19-2)6-5-7-12(10)16-13(17)8-3-4-9-15/h5-7H,3-4,8-9H2,1-2H3,(H,16,17). The summed E-state index contributed by atoms with van der Waals surface area (Å²) in [6.45, 7) is 1.79. The molecular formula is C14H18BrNO3. The molecule has 0 aliphatic heterocycles. The Kier molecular flexibility index (Phi) is 6.56. The molecule has 0 heterocycles. The Hall–Kier alpha value is -1.36. The van der Waals surface area contributed by atoms with Crippen LogP contribution in [-0.4, -0.2) is 24.3 Å². The van der Waals surface area contributed by atoms with Gasteiger partial charge < -0.3 is 10.1 Å². The number of ether oxygens (including phenoxy) is 1. The van der Waals surface area contributed by atoms with Gasteiger partial charge in [-0.25, -0.2) is 4.79 Å². The third kappa shape index (κ3) is 4.67. The van der Waals surface area contributed by atoms with E-state index in [1.807, 2.05) is 0 Å². The average molecular weight is 328 g/mol. The summed E-state index contributed by atoms with van der Waals surface area (Å²) in [7, 11) is 1.34. The van der Waals surface area contributed by atoms with Gasteiger partial charge in [0.25, 0.3) is 0 Å². The summed E-state index contributed by atoms with van der Waals surface area (Å²) in [5.74, 6) is -0.432. The molecule has 0 bridgehead atoms. The topological polar surface area (TPSA) is 55.4 Å². The zero-order valence-corrected chi connectivity index (χ0v) is 12.7. The highest BCUT2D eigenvalue weighted by Gasteiger charge is 2.13. The van der Waals surface area contributed by atoms with Gasteiger partial charge in [-0.05, 0) is 37.5 Å². The van der Waals surface area contributed by atoms with Crippen LogP contribution in [0.25, 0.3) is 0 Å². The minimum absolute atomic E-state index is 0.0361. The van der Waals surface area contributed by atoms with Crippen molar-refractivity contribution in [2.24, 2.45) is 0 Å². The Morgan fingerprint density at radius 2 is 2.05 bits per heavy atom. The van der Waals surface area contributed by atoms with E-state index >= 15 is 0 Å². The number of rotatable bonds is 6. The van der Waals surface area contributed by atoms with E-state index in [1.54, 1.807) is 25.1 Å². The molecule has 1 amide bonds. The molecule has 1 aromatic carbocycles. The number of unbranched alkanes of at least 4 members (excludes halogenated alkanes) is 1. The van der Waals surface area contributed by atoms with Crippen molar-refractivity contribution in [3.8, 4) is 0 Å². The van der Waals surface area contributed by atoms with Crippen LogP contribution >= 0.6 is 15.9 Å². The Labute approximate surface area is 121 Å². The Morgan fingerprint density at radius 1 is 1.32 bits per heavy atom. The first-order valence-electron chi connectivity index (χ1n) is 6.14. The van der Waals surface area contributed by atoms with Crippen molar-refractivity contribution < 1.29 is 14.3 Å². The largest absolute Gasteiger partial charge is 0.465 e. The van der Waals surface area contributed by atoms with Crippen LogP contribution in [0.4, 0.5) is 5.69 Å². The SMILES string of the molecule is COC(=O)c1cccc(NC(=O)CCCCBr)c1C. The molecule has 0 unspecified atom stereocenters. The molecule has 0 aromatic heterocycles. The Bertz CT molecular complexity index is 460. The van der Waals surface area contributed by atoms with Crippen LogP contribution in [0, 0.1) is 6.92 Å². The number of carbonyl (C=O) groups is 2. The minimum atomic E-state index is -0.395. The van der Waals surface area contributed by atoms with Gasteiger partial charge in [-0.1, -0.05) is 22.0 Å². The van der Waals surface area contributed by atoms with Gasteiger partial charge >= 0.3 is 5.97 Å². The van der Waals surface area contributed by atoms with Crippen molar-refractivity contribution in [2.45, 2.75) is 26.2 Å². The van der Waals surface area contributed by atoms with Crippen LogP contribution in [-0.2, 0) is 9.53 Å². The maximum Gasteiger partial charge on any atom is 0.338 e. The first kappa shape index (κ1) is 15.7. The second-order valence-corrected chi connectivity index (χ2v) is 4.96. The molecule has 4 nitrogen and oxygen atoms in total. The lowest BCUT2D eigenvalue weighted by molar-refractivity contribution is -0.116. The monoisotopic (exact) mass is 327 g/mol. The van der Waals surface area contributed by atoms with Crippen molar-refractivity contribution in [3.63, 3.8) is 0 Å². The van der Waals surface area contributed by atoms with Crippen LogP contribution in [0.1, 0.15) is 35.2 Å². The van der Waals surface area contributed by atoms with E-state index in [0.717, 1.165) is 23.7 Å². The van der Waals surface area contributed by atoms with Crippen LogP contribution in [0.15, 0.2) is 18.2 Å². The molecule has 0 saturated heterocycles. The number of carbonyl (C=O) groups excluding carboxylic acids is 2. The van der Waals surface area contributed by atoms with Gasteiger partial charge in [-0.3, -0.25) is 4.79 Å². The first-order valence-corrected chi connectivity index (χ1v) is 7.26. The number of hydrogen-bond acceptors (Lipinski definition) is 3. The van der Waals surface area contributed by atoms with Crippen molar-refractivity contribution in [1.29, 1.82) is 0 Å². The minimum Gasteiger partial charge on any atom is -0.465 e. The smallest absolute Gasteiger partial charge is 0.338 e. The second-order valence-electron chi connectivity index (χ2n) is 4.16. The maximum atomic E-state index is 11.7. The lowest BCUT2D eigenvalue weighted by Crippen LogP contribution is -2.14. The van der Waals surface area contributed by atoms with Crippen molar-refractivity contribution in [3.05, 3.63) is 29.3 Å². The van der Waals surface area contributed by atoms with Gasteiger partial charge in [0.2, 0.25) is 5.91 Å². The number of nitrogens with one attached hydrogen (secondary N) is 1. The number of alkyl halides is 1. The van der Waals surface area contributed by atoms with Gasteiger partial charge in [0.05, 0.1) is 12.7 Å². The quantitative estimate of drug-likeness (QED) is 0.495. The van der Waals surface area contributed by atoms with Gasteiger partial charge in [-0.15, -0.1) is 0 Å². The molecule has 0 atom stereocenters. The van der Waals surface area contributed by atoms with E-state index in [9.17, 15) is 9.59 Å². The van der Waals surface area contributed by atoms with Crippen LogP contribution in [0.5, 0.6) is 0 Å². The molecule has 0 aliphatic rings. The Morgan fingerprint density at radius 3 is 2.68 bits per heavy atom. The van der Waals surface area contributed by atoms with E-state index in [1.165, 1.54) is 7.11 Å². The Balaban J connectivity index is 2.73. The maximum absolute atomic E-state index is 11.7. The number of benzene rings is 1. The van der Waals surface area contributed by atoms with Gasteiger partial charge in [0.1, 0.15) is 0 Å². The summed E-state index contributed by atoms with van der Waals surface area (Å²) in [4.78, 5) is 23.3. The fourth-order valence-corrected chi connectivity index (χ4v) is 2.09. The van der Waals surface area contributed by atoms with Crippen LogP contribution in [0.3, 0.4) is 0 Å². The molecule has 0 saturated carbocycles. The second kappa shape index (κ2) is 7.94. The predicted molar refractivity (Wildman–Crippen MR) is 78.8 cm³/mol. The lowest BCUT2D eigenvalue weighted by atomic mass is 10.1. The zero-order valence-electron chi connectivity index (χ0n) is 11.2. The molecule has 0 radical (unpaired) electrons. The van der Waals surface area contributed by atoms with E-state index in [4.69, 9.17) is 4.74 Å². The summed E-state index contributed by atoms with van der Waals surface area (Å²) in [6.07, 6.45) is 2.29. The molecule has 0 fully saturated rings. The van der Waals surface area contributed by atoms with Crippen molar-refractivity contribution in [2.75, 3.05) is 17.8 Å². The highest BCUT2D eigenvalue weighted by atomic mass is 79.9. The number of halogens is 1. The third-order valence-corrected chi connectivity index (χ3v) is 3.36. The summed E-state index contributed by atoms with van der Waals surface area (Å²) in [5.41, 5.74) is 1.86. The highest BCUT2D eigenvalue weighted by Crippen LogP contribution is 2.20. The highest BCUT2D eigenvalue weighted by molar-refractivity contribution is 9.09. The van der Waals surface area contributed by atoms with Crippen LogP contribution < -0.4 is 5.32 Å². The van der Waals surface area contributed by atoms with E-state index < -0.39 is 5.97 Å². The van der Waals surface area contributed by atoms with Crippen LogP contribution in [0.2, 0.25) is 0 Å². The summed E-state index contributed by atoms with van der Waals surface area (Å²) < 4.78 is 4.70. The van der Waals surface area contributed by atoms with E-state index in [0.29, 0.717) is 17.7 Å². The lowest BCUT2D eigenvalue weighted by Gasteiger charge is -2.11. The molecule has 19 heavy (non-hydrogen) atoms. The molecule has 0 aliphatic carbocycles. The fraction of sp³-hybridized carbons (Fsp3) is 0.429. The molecular weight excluding hydrogens is 310 g/mol. The first-order chi connectivity index (χ1) is 9.10. The van der Waals surface area contributed by atoms with E-state index in [2.05, 4.69) is 21.2 Å². The van der Waals surface area contributed by atoms with Gasteiger partial charge in [0.15, 0.2) is 0 Å². The number of hydrogen-bond donors (Lipinski definition) is 1. The zero-order chi connectivity index (χ0) is 14.3. The number of esters is 1. The van der Waals surface area contributed by atoms with Gasteiger partial charge in [0, 0.05) is 17.4 Å². The van der Waals surface area contributed by atoms with E-state index in [-0.39, 0.29) is 5.91 Å². The number of methoxy groups -OCH3 is 1. The molecule has 0 spiro atoms. The molecule has 1 N–H and O–H groups in total. The van der Waals surface area contributed by atoms with Gasteiger partial charge in [-0.2, -0.15) is 0 Å². The molecule has 104 valence electrons. The number of amides is 1. The normalized spacial score (nSPS) is 10.1. The summed E-state index contributed by atoms with van der Waals surface area (Å²) >= 11 is 3.33. The predicted octanol–water partition coefficient (Wildman–Crippen LogP) is 3.29. The molecule has 5 heteroatoms. The fourth-order valence-electron chi connectivity index (χ4n) is 1.69. The third-order valence-electron chi connectivity index (χ3n) is 2.80. The summed E-state index contributed by atoms with van der Waals surface area (Å²) in [5, 5.41) is 3.73. The molecule has 1 rings (SSSR count). The average Bonchev–Trinajstić information content (AvgIpc) is 2.40. The summed E-state index contributed by atoms with van der Waals surface area (Å²) in [6, 6.07) is 5.19. The van der Waals surface area contributed by atoms with Crippen molar-refractivity contribution >= 4 is 33.5 Å². The molecule has 1 aromatic rings. The number of anilines is 1.